The van der Waals surface area contributed by atoms with Crippen molar-refractivity contribution in [3.05, 3.63) is 64.0 Å². The van der Waals surface area contributed by atoms with Gasteiger partial charge in [0, 0.05) is 24.8 Å². The topological polar surface area (TPSA) is 136 Å². The van der Waals surface area contributed by atoms with Gasteiger partial charge in [0.15, 0.2) is 6.61 Å². The van der Waals surface area contributed by atoms with Gasteiger partial charge in [-0.1, -0.05) is 19.9 Å². The lowest BCUT2D eigenvalue weighted by Gasteiger charge is -2.18. The molecule has 10 nitrogen and oxygen atoms in total. The fourth-order valence-electron chi connectivity index (χ4n) is 2.64. The zero-order valence-corrected chi connectivity index (χ0v) is 17.5. The summed E-state index contributed by atoms with van der Waals surface area (Å²) < 4.78 is 44.6. The Morgan fingerprint density at radius 1 is 1.16 bits per heavy atom. The van der Waals surface area contributed by atoms with Crippen LogP contribution in [0.3, 0.4) is 0 Å². The molecule has 0 aromatic heterocycles. The Balaban J connectivity index is 2.06. The van der Waals surface area contributed by atoms with Gasteiger partial charge in [0.25, 0.3) is 5.91 Å². The summed E-state index contributed by atoms with van der Waals surface area (Å²) in [5.74, 6) is -2.81. The molecule has 0 unspecified atom stereocenters. The molecule has 12 heteroatoms. The van der Waals surface area contributed by atoms with Crippen molar-refractivity contribution in [1.82, 2.24) is 4.31 Å². The van der Waals surface area contributed by atoms with Crippen molar-refractivity contribution in [2.45, 2.75) is 18.7 Å². The van der Waals surface area contributed by atoms with Crippen LogP contribution < -0.4 is 5.32 Å². The average Bonchev–Trinajstić information content (AvgIpc) is 2.74. The van der Waals surface area contributed by atoms with Crippen LogP contribution in [0, 0.1) is 15.9 Å². The van der Waals surface area contributed by atoms with E-state index >= 15 is 0 Å². The Bertz CT molecular complexity index is 1100. The van der Waals surface area contributed by atoms with Crippen LogP contribution in [0.2, 0.25) is 0 Å². The Hall–Kier alpha value is -3.38. The highest BCUT2D eigenvalue weighted by molar-refractivity contribution is 7.89. The highest BCUT2D eigenvalue weighted by atomic mass is 32.2. The van der Waals surface area contributed by atoms with Gasteiger partial charge in [0.05, 0.1) is 15.4 Å². The number of esters is 1. The number of nitro groups is 1. The summed E-state index contributed by atoms with van der Waals surface area (Å²) in [6.45, 7) is 3.16. The molecule has 2 aromatic rings. The van der Waals surface area contributed by atoms with Crippen LogP contribution in [0.4, 0.5) is 15.8 Å². The van der Waals surface area contributed by atoms with Crippen molar-refractivity contribution < 1.29 is 32.1 Å². The van der Waals surface area contributed by atoms with Crippen LogP contribution in [0.1, 0.15) is 24.2 Å². The van der Waals surface area contributed by atoms with Crippen molar-refractivity contribution in [3.8, 4) is 0 Å². The summed E-state index contributed by atoms with van der Waals surface area (Å²) in [5.41, 5.74) is -0.944. The lowest BCUT2D eigenvalue weighted by molar-refractivity contribution is -0.387. The van der Waals surface area contributed by atoms with Crippen LogP contribution in [0.15, 0.2) is 47.4 Å². The lowest BCUT2D eigenvalue weighted by Crippen LogP contribution is -2.30. The quantitative estimate of drug-likeness (QED) is 0.350. The van der Waals surface area contributed by atoms with Gasteiger partial charge in [0.2, 0.25) is 15.8 Å². The maximum absolute atomic E-state index is 13.3. The maximum Gasteiger partial charge on any atom is 0.338 e. The van der Waals surface area contributed by atoms with E-state index in [1.807, 2.05) is 0 Å². The molecule has 0 atom stereocenters. The minimum atomic E-state index is -3.78. The van der Waals surface area contributed by atoms with E-state index in [1.165, 1.54) is 22.5 Å². The molecule has 0 spiro atoms. The van der Waals surface area contributed by atoms with E-state index in [1.54, 1.807) is 13.8 Å². The number of nitro benzene ring substituents is 1. The van der Waals surface area contributed by atoms with Crippen LogP contribution >= 0.6 is 0 Å². The molecule has 2 rings (SSSR count). The third kappa shape index (κ3) is 5.83. The fraction of sp³-hybridized carbons (Fsp3) is 0.263. The number of rotatable bonds is 9. The first-order chi connectivity index (χ1) is 14.6. The maximum atomic E-state index is 13.3. The number of nitrogens with zero attached hydrogens (tertiary/aromatic N) is 2. The number of anilines is 1. The number of hydrogen-bond acceptors (Lipinski definition) is 7. The standard InChI is InChI=1S/C19H20FN3O7S/c1-3-22(4-2)31(28,29)15-7-5-6-13(10-15)19(25)30-12-18(24)21-14-8-9-16(20)17(11-14)23(26)27/h5-11H,3-4,12H2,1-2H3,(H,21,24). The molecule has 0 aliphatic heterocycles. The number of nitrogens with one attached hydrogen (secondary N) is 1. The predicted molar refractivity (Wildman–Crippen MR) is 109 cm³/mol. The van der Waals surface area contributed by atoms with Crippen LogP contribution in [-0.2, 0) is 19.6 Å². The SMILES string of the molecule is CCN(CC)S(=O)(=O)c1cccc(C(=O)OCC(=O)Nc2ccc(F)c([N+](=O)[O-])c2)c1. The molecule has 0 fully saturated rings. The number of halogens is 1. The summed E-state index contributed by atoms with van der Waals surface area (Å²) in [5, 5.41) is 13.0. The number of carbonyl (C=O) groups is 2. The van der Waals surface area contributed by atoms with E-state index in [0.29, 0.717) is 0 Å². The van der Waals surface area contributed by atoms with Gasteiger partial charge in [0.1, 0.15) is 0 Å². The van der Waals surface area contributed by atoms with Gasteiger partial charge < -0.3 is 10.1 Å². The Kier molecular flexibility index (Phi) is 7.78. The molecule has 166 valence electrons. The molecule has 0 bridgehead atoms. The van der Waals surface area contributed by atoms with Crippen molar-refractivity contribution >= 4 is 33.3 Å². The van der Waals surface area contributed by atoms with E-state index in [2.05, 4.69) is 5.32 Å². The van der Waals surface area contributed by atoms with Crippen LogP contribution in [0.5, 0.6) is 0 Å². The largest absolute Gasteiger partial charge is 0.452 e. The fourth-order valence-corrected chi connectivity index (χ4v) is 4.14. The molecule has 31 heavy (non-hydrogen) atoms. The van der Waals surface area contributed by atoms with Crippen molar-refractivity contribution in [2.75, 3.05) is 25.0 Å². The van der Waals surface area contributed by atoms with Gasteiger partial charge in [-0.2, -0.15) is 8.70 Å². The predicted octanol–water partition coefficient (Wildman–Crippen LogP) is 2.56. The highest BCUT2D eigenvalue weighted by Crippen LogP contribution is 2.21. The van der Waals surface area contributed by atoms with E-state index in [9.17, 15) is 32.5 Å². The third-order valence-corrected chi connectivity index (χ3v) is 6.22. The summed E-state index contributed by atoms with van der Waals surface area (Å²) in [4.78, 5) is 33.9. The number of sulfonamides is 1. The normalized spacial score (nSPS) is 11.2. The lowest BCUT2D eigenvalue weighted by atomic mass is 10.2. The third-order valence-electron chi connectivity index (χ3n) is 4.17. The summed E-state index contributed by atoms with van der Waals surface area (Å²) in [6.07, 6.45) is 0. The summed E-state index contributed by atoms with van der Waals surface area (Å²) in [7, 11) is -3.78. The number of ether oxygens (including phenoxy) is 1. The first-order valence-electron chi connectivity index (χ1n) is 9.11. The Morgan fingerprint density at radius 2 is 1.84 bits per heavy atom. The van der Waals surface area contributed by atoms with Crippen molar-refractivity contribution in [1.29, 1.82) is 0 Å². The van der Waals surface area contributed by atoms with E-state index in [4.69, 9.17) is 4.74 Å². The number of benzene rings is 2. The van der Waals surface area contributed by atoms with Crippen molar-refractivity contribution in [3.63, 3.8) is 0 Å². The summed E-state index contributed by atoms with van der Waals surface area (Å²) >= 11 is 0. The molecular weight excluding hydrogens is 433 g/mol. The first-order valence-corrected chi connectivity index (χ1v) is 10.5. The second-order valence-electron chi connectivity index (χ2n) is 6.16. The van der Waals surface area contributed by atoms with Crippen LogP contribution in [-0.4, -0.2) is 49.2 Å². The number of amides is 1. The zero-order chi connectivity index (χ0) is 23.2. The molecule has 0 saturated heterocycles. The second-order valence-corrected chi connectivity index (χ2v) is 8.10. The number of hydrogen-bond donors (Lipinski definition) is 1. The molecule has 0 saturated carbocycles. The molecule has 0 aliphatic rings. The van der Waals surface area contributed by atoms with Crippen molar-refractivity contribution in [2.24, 2.45) is 0 Å². The Morgan fingerprint density at radius 3 is 2.45 bits per heavy atom. The van der Waals surface area contributed by atoms with Gasteiger partial charge in [-0.05, 0) is 30.3 Å². The molecule has 0 heterocycles. The van der Waals surface area contributed by atoms with Gasteiger partial charge >= 0.3 is 11.7 Å². The minimum Gasteiger partial charge on any atom is -0.452 e. The van der Waals surface area contributed by atoms with Gasteiger partial charge in [-0.3, -0.25) is 14.9 Å². The molecule has 2 aromatic carbocycles. The monoisotopic (exact) mass is 453 g/mol. The van der Waals surface area contributed by atoms with Gasteiger partial charge in [-0.15, -0.1) is 0 Å². The molecule has 1 N–H and O–H groups in total. The zero-order valence-electron chi connectivity index (χ0n) is 16.7. The smallest absolute Gasteiger partial charge is 0.338 e. The molecule has 0 radical (unpaired) electrons. The average molecular weight is 453 g/mol. The molecular formula is C19H20FN3O7S. The van der Waals surface area contributed by atoms with Crippen LogP contribution in [0.25, 0.3) is 0 Å². The van der Waals surface area contributed by atoms with Gasteiger partial charge in [-0.25, -0.2) is 13.2 Å². The molecule has 1 amide bonds. The van der Waals surface area contributed by atoms with E-state index in [-0.39, 0.29) is 29.2 Å². The van der Waals surface area contributed by atoms with E-state index in [0.717, 1.165) is 24.3 Å². The number of carbonyl (C=O) groups excluding carboxylic acids is 2. The first kappa shape index (κ1) is 23.9. The molecule has 0 aliphatic carbocycles. The minimum absolute atomic E-state index is 0.0542. The Labute approximate surface area is 177 Å². The van der Waals surface area contributed by atoms with E-state index < -0.39 is 44.9 Å². The second kappa shape index (κ2) is 10.1. The highest BCUT2D eigenvalue weighted by Gasteiger charge is 2.23. The summed E-state index contributed by atoms with van der Waals surface area (Å²) in [6, 6.07) is 7.98.